The second kappa shape index (κ2) is 5.18. The van der Waals surface area contributed by atoms with Crippen molar-refractivity contribution in [3.8, 4) is 0 Å². The molecule has 0 unspecified atom stereocenters. The molecule has 0 bridgehead atoms. The van der Waals surface area contributed by atoms with Crippen LogP contribution in [0.5, 0.6) is 0 Å². The van der Waals surface area contributed by atoms with Crippen LogP contribution in [0.4, 0.5) is 0 Å². The standard InChI is InChI=1S/C11H19NO/c1-9(2)7-11(13)8-12-10-5-3-4-6-10/h7,10,12H,3-6,8H2,1-2H3. The quantitative estimate of drug-likeness (QED) is 0.672. The fourth-order valence-corrected chi connectivity index (χ4v) is 1.75. The lowest BCUT2D eigenvalue weighted by atomic mass is 10.2. The predicted molar refractivity (Wildman–Crippen MR) is 54.7 cm³/mol. The Morgan fingerprint density at radius 3 is 2.54 bits per heavy atom. The second-order valence-corrected chi connectivity index (χ2v) is 4.05. The van der Waals surface area contributed by atoms with Gasteiger partial charge in [-0.3, -0.25) is 4.79 Å². The van der Waals surface area contributed by atoms with E-state index in [1.807, 2.05) is 13.8 Å². The Hall–Kier alpha value is -0.630. The molecule has 0 heterocycles. The van der Waals surface area contributed by atoms with E-state index in [2.05, 4.69) is 5.32 Å². The molecule has 0 saturated heterocycles. The number of ketones is 1. The number of carbonyl (C=O) groups is 1. The van der Waals surface area contributed by atoms with Gasteiger partial charge in [-0.1, -0.05) is 18.4 Å². The lowest BCUT2D eigenvalue weighted by Gasteiger charge is -2.09. The van der Waals surface area contributed by atoms with Crippen LogP contribution in [0.15, 0.2) is 11.6 Å². The van der Waals surface area contributed by atoms with Crippen molar-refractivity contribution in [2.45, 2.75) is 45.6 Å². The van der Waals surface area contributed by atoms with E-state index in [-0.39, 0.29) is 5.78 Å². The number of rotatable bonds is 4. The van der Waals surface area contributed by atoms with Crippen LogP contribution in [0.25, 0.3) is 0 Å². The van der Waals surface area contributed by atoms with Gasteiger partial charge in [-0.25, -0.2) is 0 Å². The van der Waals surface area contributed by atoms with Crippen LogP contribution >= 0.6 is 0 Å². The maximum atomic E-state index is 11.3. The first-order chi connectivity index (χ1) is 6.18. The van der Waals surface area contributed by atoms with E-state index in [0.717, 1.165) is 5.57 Å². The molecule has 74 valence electrons. The molecule has 0 aliphatic heterocycles. The summed E-state index contributed by atoms with van der Waals surface area (Å²) < 4.78 is 0. The fraction of sp³-hybridized carbons (Fsp3) is 0.727. The summed E-state index contributed by atoms with van der Waals surface area (Å²) in [7, 11) is 0. The van der Waals surface area contributed by atoms with Gasteiger partial charge in [0, 0.05) is 6.04 Å². The van der Waals surface area contributed by atoms with Crippen LogP contribution in [0.2, 0.25) is 0 Å². The zero-order valence-corrected chi connectivity index (χ0v) is 8.60. The zero-order valence-electron chi connectivity index (χ0n) is 8.60. The molecule has 1 aliphatic carbocycles. The lowest BCUT2D eigenvalue weighted by Crippen LogP contribution is -2.30. The van der Waals surface area contributed by atoms with E-state index >= 15 is 0 Å². The fourth-order valence-electron chi connectivity index (χ4n) is 1.75. The Morgan fingerprint density at radius 2 is 2.00 bits per heavy atom. The van der Waals surface area contributed by atoms with Gasteiger partial charge in [-0.15, -0.1) is 0 Å². The SMILES string of the molecule is CC(C)=CC(=O)CNC1CCCC1. The summed E-state index contributed by atoms with van der Waals surface area (Å²) in [4.78, 5) is 11.3. The summed E-state index contributed by atoms with van der Waals surface area (Å²) in [5.74, 6) is 0.201. The first-order valence-electron chi connectivity index (χ1n) is 5.09. The molecule has 2 nitrogen and oxygen atoms in total. The number of hydrogen-bond donors (Lipinski definition) is 1. The third kappa shape index (κ3) is 4.23. The molecule has 13 heavy (non-hydrogen) atoms. The summed E-state index contributed by atoms with van der Waals surface area (Å²) in [5.41, 5.74) is 1.08. The number of allylic oxidation sites excluding steroid dienone is 1. The molecule has 0 aromatic heterocycles. The molecule has 1 saturated carbocycles. The van der Waals surface area contributed by atoms with Crippen molar-refractivity contribution >= 4 is 5.78 Å². The molecule has 0 aromatic rings. The average molecular weight is 181 g/mol. The van der Waals surface area contributed by atoms with E-state index in [1.54, 1.807) is 6.08 Å². The van der Waals surface area contributed by atoms with Crippen molar-refractivity contribution in [3.63, 3.8) is 0 Å². The molecule has 0 spiro atoms. The van der Waals surface area contributed by atoms with E-state index in [1.165, 1.54) is 25.7 Å². The van der Waals surface area contributed by atoms with Gasteiger partial charge in [0.15, 0.2) is 5.78 Å². The van der Waals surface area contributed by atoms with Crippen molar-refractivity contribution in [1.82, 2.24) is 5.32 Å². The zero-order chi connectivity index (χ0) is 9.68. The van der Waals surface area contributed by atoms with E-state index in [4.69, 9.17) is 0 Å². The lowest BCUT2D eigenvalue weighted by molar-refractivity contribution is -0.114. The van der Waals surface area contributed by atoms with Crippen molar-refractivity contribution in [3.05, 3.63) is 11.6 Å². The molecule has 1 N–H and O–H groups in total. The largest absolute Gasteiger partial charge is 0.307 e. The highest BCUT2D eigenvalue weighted by molar-refractivity contribution is 5.91. The van der Waals surface area contributed by atoms with Gasteiger partial charge < -0.3 is 5.32 Å². The Balaban J connectivity index is 2.18. The number of carbonyl (C=O) groups excluding carboxylic acids is 1. The van der Waals surface area contributed by atoms with Gasteiger partial charge in [-0.05, 0) is 32.8 Å². The van der Waals surface area contributed by atoms with Crippen molar-refractivity contribution in [2.75, 3.05) is 6.54 Å². The van der Waals surface area contributed by atoms with Crippen molar-refractivity contribution in [1.29, 1.82) is 0 Å². The van der Waals surface area contributed by atoms with E-state index in [9.17, 15) is 4.79 Å². The smallest absolute Gasteiger partial charge is 0.169 e. The molecule has 1 rings (SSSR count). The van der Waals surface area contributed by atoms with Crippen LogP contribution in [0, 0.1) is 0 Å². The monoisotopic (exact) mass is 181 g/mol. The third-order valence-corrected chi connectivity index (χ3v) is 2.37. The summed E-state index contributed by atoms with van der Waals surface area (Å²) in [6.07, 6.45) is 6.81. The van der Waals surface area contributed by atoms with E-state index < -0.39 is 0 Å². The van der Waals surface area contributed by atoms with Crippen LogP contribution in [-0.4, -0.2) is 18.4 Å². The third-order valence-electron chi connectivity index (χ3n) is 2.37. The van der Waals surface area contributed by atoms with Crippen molar-refractivity contribution in [2.24, 2.45) is 0 Å². The molecular formula is C11H19NO. The number of hydrogen-bond acceptors (Lipinski definition) is 2. The first-order valence-corrected chi connectivity index (χ1v) is 5.09. The summed E-state index contributed by atoms with van der Waals surface area (Å²) in [6, 6.07) is 0.592. The second-order valence-electron chi connectivity index (χ2n) is 4.05. The number of nitrogens with one attached hydrogen (secondary N) is 1. The highest BCUT2D eigenvalue weighted by Gasteiger charge is 2.14. The molecule has 2 heteroatoms. The Bertz CT molecular complexity index is 198. The summed E-state index contributed by atoms with van der Waals surface area (Å²) in [6.45, 7) is 4.41. The van der Waals surface area contributed by atoms with Gasteiger partial charge in [0.25, 0.3) is 0 Å². The molecule has 0 aromatic carbocycles. The predicted octanol–water partition coefficient (Wildman–Crippen LogP) is 2.05. The van der Waals surface area contributed by atoms with E-state index in [0.29, 0.717) is 12.6 Å². The molecule has 0 amide bonds. The Labute approximate surface area is 80.4 Å². The van der Waals surface area contributed by atoms with Gasteiger partial charge in [0.1, 0.15) is 0 Å². The minimum atomic E-state index is 0.201. The summed E-state index contributed by atoms with van der Waals surface area (Å²) >= 11 is 0. The highest BCUT2D eigenvalue weighted by Crippen LogP contribution is 2.17. The molecule has 1 fully saturated rings. The van der Waals surface area contributed by atoms with Crippen LogP contribution in [0.1, 0.15) is 39.5 Å². The van der Waals surface area contributed by atoms with Crippen LogP contribution in [0.3, 0.4) is 0 Å². The van der Waals surface area contributed by atoms with Crippen LogP contribution < -0.4 is 5.32 Å². The minimum Gasteiger partial charge on any atom is -0.307 e. The van der Waals surface area contributed by atoms with Gasteiger partial charge >= 0.3 is 0 Å². The molecular weight excluding hydrogens is 162 g/mol. The Morgan fingerprint density at radius 1 is 1.38 bits per heavy atom. The maximum absolute atomic E-state index is 11.3. The molecule has 0 radical (unpaired) electrons. The highest BCUT2D eigenvalue weighted by atomic mass is 16.1. The first kappa shape index (κ1) is 10.5. The molecule has 0 atom stereocenters. The maximum Gasteiger partial charge on any atom is 0.169 e. The Kier molecular flexibility index (Phi) is 4.16. The topological polar surface area (TPSA) is 29.1 Å². The normalized spacial score (nSPS) is 17.4. The van der Waals surface area contributed by atoms with Gasteiger partial charge in [0.05, 0.1) is 6.54 Å². The summed E-state index contributed by atoms with van der Waals surface area (Å²) in [5, 5.41) is 3.29. The van der Waals surface area contributed by atoms with Crippen molar-refractivity contribution < 1.29 is 4.79 Å². The average Bonchev–Trinajstić information content (AvgIpc) is 2.51. The van der Waals surface area contributed by atoms with Crippen LogP contribution in [-0.2, 0) is 4.79 Å². The molecule has 1 aliphatic rings. The van der Waals surface area contributed by atoms with Gasteiger partial charge in [-0.2, -0.15) is 0 Å². The van der Waals surface area contributed by atoms with Gasteiger partial charge in [0.2, 0.25) is 0 Å². The minimum absolute atomic E-state index is 0.201.